The molecule has 2 aromatic rings. The molecule has 4 heteroatoms. The van der Waals surface area contributed by atoms with Crippen molar-refractivity contribution in [3.05, 3.63) is 35.6 Å². The lowest BCUT2D eigenvalue weighted by atomic mass is 10.1. The Kier molecular flexibility index (Phi) is 5.66. The molecular weight excluding hydrogens is 250 g/mol. The van der Waals surface area contributed by atoms with E-state index in [0.29, 0.717) is 12.3 Å². The molecule has 0 saturated heterocycles. The Hall–Kier alpha value is -1.03. The zero-order valence-corrected chi connectivity index (χ0v) is 11.6. The van der Waals surface area contributed by atoms with E-state index < -0.39 is 6.10 Å². The highest BCUT2D eigenvalue weighted by molar-refractivity contribution is 5.85. The highest BCUT2D eigenvalue weighted by Gasteiger charge is 2.17. The van der Waals surface area contributed by atoms with Crippen LogP contribution in [0.2, 0.25) is 0 Å². The summed E-state index contributed by atoms with van der Waals surface area (Å²) < 4.78 is 5.70. The quantitative estimate of drug-likeness (QED) is 0.820. The third kappa shape index (κ3) is 3.05. The largest absolute Gasteiger partial charge is 0.458 e. The molecule has 1 atom stereocenters. The van der Waals surface area contributed by atoms with Crippen LogP contribution >= 0.6 is 12.4 Å². The number of nitrogens with one attached hydrogen (secondary N) is 1. The molecule has 0 fully saturated rings. The zero-order chi connectivity index (χ0) is 12.3. The molecule has 0 aliphatic carbocycles. The number of halogens is 1. The van der Waals surface area contributed by atoms with Gasteiger partial charge in [-0.25, -0.2) is 0 Å². The van der Waals surface area contributed by atoms with Gasteiger partial charge >= 0.3 is 0 Å². The van der Waals surface area contributed by atoms with Crippen molar-refractivity contribution < 1.29 is 9.52 Å². The second-order valence-corrected chi connectivity index (χ2v) is 4.31. The average molecular weight is 270 g/mol. The van der Waals surface area contributed by atoms with E-state index in [1.165, 1.54) is 0 Å². The van der Waals surface area contributed by atoms with Gasteiger partial charge in [-0.1, -0.05) is 25.1 Å². The van der Waals surface area contributed by atoms with Crippen LogP contribution in [-0.2, 0) is 0 Å². The number of aliphatic hydroxyl groups excluding tert-OH is 1. The second-order valence-electron chi connectivity index (χ2n) is 4.31. The van der Waals surface area contributed by atoms with Gasteiger partial charge < -0.3 is 14.8 Å². The fourth-order valence-corrected chi connectivity index (χ4v) is 2.02. The smallest absolute Gasteiger partial charge is 0.138 e. The molecule has 0 bridgehead atoms. The van der Waals surface area contributed by atoms with Gasteiger partial charge in [-0.05, 0) is 26.0 Å². The number of aliphatic hydroxyl groups is 1. The summed E-state index contributed by atoms with van der Waals surface area (Å²) in [6.07, 6.45) is 0.486. The Bertz CT molecular complexity index is 495. The summed E-state index contributed by atoms with van der Waals surface area (Å²) in [6, 6.07) is 7.87. The first kappa shape index (κ1) is 15.0. The monoisotopic (exact) mass is 269 g/mol. The Balaban J connectivity index is 0.00000162. The second kappa shape index (κ2) is 6.78. The number of para-hydroxylation sites is 1. The van der Waals surface area contributed by atoms with Gasteiger partial charge in [-0.3, -0.25) is 0 Å². The van der Waals surface area contributed by atoms with Gasteiger partial charge in [0.1, 0.15) is 17.4 Å². The molecule has 0 radical (unpaired) electrons. The molecule has 0 spiro atoms. The highest BCUT2D eigenvalue weighted by Crippen LogP contribution is 2.28. The SMILES string of the molecule is CCCNCC(O)c1oc2ccccc2c1C.Cl. The van der Waals surface area contributed by atoms with E-state index in [9.17, 15) is 5.11 Å². The third-order valence-electron chi connectivity index (χ3n) is 2.95. The highest BCUT2D eigenvalue weighted by atomic mass is 35.5. The van der Waals surface area contributed by atoms with E-state index in [1.54, 1.807) is 0 Å². The fraction of sp³-hybridized carbons (Fsp3) is 0.429. The van der Waals surface area contributed by atoms with E-state index in [2.05, 4.69) is 12.2 Å². The molecule has 2 N–H and O–H groups in total. The van der Waals surface area contributed by atoms with Crippen LogP contribution in [0.25, 0.3) is 11.0 Å². The van der Waals surface area contributed by atoms with E-state index in [-0.39, 0.29) is 12.4 Å². The summed E-state index contributed by atoms with van der Waals surface area (Å²) in [6.45, 7) is 5.54. The van der Waals surface area contributed by atoms with E-state index in [4.69, 9.17) is 4.42 Å². The summed E-state index contributed by atoms with van der Waals surface area (Å²) in [5.74, 6) is 0.676. The van der Waals surface area contributed by atoms with Gasteiger partial charge in [-0.15, -0.1) is 12.4 Å². The van der Waals surface area contributed by atoms with Crippen LogP contribution in [0, 0.1) is 6.92 Å². The van der Waals surface area contributed by atoms with Gasteiger partial charge in [0, 0.05) is 17.5 Å². The molecular formula is C14H20ClNO2. The van der Waals surface area contributed by atoms with Crippen molar-refractivity contribution in [1.82, 2.24) is 5.32 Å². The number of aryl methyl sites for hydroxylation is 1. The summed E-state index contributed by atoms with van der Waals surface area (Å²) in [5, 5.41) is 14.3. The molecule has 1 aromatic heterocycles. The van der Waals surface area contributed by atoms with Crippen molar-refractivity contribution in [3.63, 3.8) is 0 Å². The first-order chi connectivity index (χ1) is 8.24. The van der Waals surface area contributed by atoms with Gasteiger partial charge in [0.15, 0.2) is 0 Å². The summed E-state index contributed by atoms with van der Waals surface area (Å²) in [5.41, 5.74) is 1.88. The van der Waals surface area contributed by atoms with E-state index in [0.717, 1.165) is 29.5 Å². The van der Waals surface area contributed by atoms with Gasteiger partial charge in [0.05, 0.1) is 0 Å². The Labute approximate surface area is 114 Å². The van der Waals surface area contributed by atoms with Crippen molar-refractivity contribution in [2.24, 2.45) is 0 Å². The fourth-order valence-electron chi connectivity index (χ4n) is 2.02. The molecule has 0 amide bonds. The Morgan fingerprint density at radius 3 is 2.72 bits per heavy atom. The maximum Gasteiger partial charge on any atom is 0.138 e. The van der Waals surface area contributed by atoms with Crippen molar-refractivity contribution in [3.8, 4) is 0 Å². The first-order valence-electron chi connectivity index (χ1n) is 6.10. The first-order valence-corrected chi connectivity index (χ1v) is 6.10. The van der Waals surface area contributed by atoms with Crippen LogP contribution in [0.1, 0.15) is 30.8 Å². The lowest BCUT2D eigenvalue weighted by Gasteiger charge is -2.09. The summed E-state index contributed by atoms with van der Waals surface area (Å²) in [4.78, 5) is 0. The van der Waals surface area contributed by atoms with Gasteiger partial charge in [0.25, 0.3) is 0 Å². The minimum Gasteiger partial charge on any atom is -0.458 e. The minimum absolute atomic E-state index is 0. The van der Waals surface area contributed by atoms with Crippen LogP contribution in [0.5, 0.6) is 0 Å². The van der Waals surface area contributed by atoms with Crippen molar-refractivity contribution in [2.45, 2.75) is 26.4 Å². The molecule has 18 heavy (non-hydrogen) atoms. The van der Waals surface area contributed by atoms with Crippen LogP contribution in [0.4, 0.5) is 0 Å². The lowest BCUT2D eigenvalue weighted by molar-refractivity contribution is 0.149. The molecule has 0 aliphatic heterocycles. The van der Waals surface area contributed by atoms with Crippen molar-refractivity contribution in [2.75, 3.05) is 13.1 Å². The van der Waals surface area contributed by atoms with Crippen molar-refractivity contribution >= 4 is 23.4 Å². The van der Waals surface area contributed by atoms with Gasteiger partial charge in [0.2, 0.25) is 0 Å². The predicted molar refractivity (Wildman–Crippen MR) is 76.3 cm³/mol. The average Bonchev–Trinajstić information content (AvgIpc) is 2.68. The van der Waals surface area contributed by atoms with Crippen LogP contribution in [-0.4, -0.2) is 18.2 Å². The molecule has 0 aliphatic rings. The molecule has 0 saturated carbocycles. The zero-order valence-electron chi connectivity index (χ0n) is 10.8. The van der Waals surface area contributed by atoms with Crippen LogP contribution < -0.4 is 5.32 Å². The number of benzene rings is 1. The maximum atomic E-state index is 10.1. The Morgan fingerprint density at radius 1 is 1.33 bits per heavy atom. The number of hydrogen-bond donors (Lipinski definition) is 2. The maximum absolute atomic E-state index is 10.1. The third-order valence-corrected chi connectivity index (χ3v) is 2.95. The number of rotatable bonds is 5. The summed E-state index contributed by atoms with van der Waals surface area (Å²) in [7, 11) is 0. The van der Waals surface area contributed by atoms with Crippen LogP contribution in [0.15, 0.2) is 28.7 Å². The van der Waals surface area contributed by atoms with Crippen molar-refractivity contribution in [1.29, 1.82) is 0 Å². The normalized spacial score (nSPS) is 12.4. The molecule has 100 valence electrons. The molecule has 1 unspecified atom stereocenters. The lowest BCUT2D eigenvalue weighted by Crippen LogP contribution is -2.22. The molecule has 2 rings (SSSR count). The van der Waals surface area contributed by atoms with Gasteiger partial charge in [-0.2, -0.15) is 0 Å². The standard InChI is InChI=1S/C14H19NO2.ClH/c1-3-8-15-9-12(16)14-10(2)11-6-4-5-7-13(11)17-14;/h4-7,12,15-16H,3,8-9H2,1-2H3;1H. The topological polar surface area (TPSA) is 45.4 Å². The molecule has 3 nitrogen and oxygen atoms in total. The van der Waals surface area contributed by atoms with Crippen LogP contribution in [0.3, 0.4) is 0 Å². The molecule has 1 heterocycles. The minimum atomic E-state index is -0.575. The Morgan fingerprint density at radius 2 is 2.06 bits per heavy atom. The molecule has 1 aromatic carbocycles. The van der Waals surface area contributed by atoms with E-state index >= 15 is 0 Å². The number of hydrogen-bond acceptors (Lipinski definition) is 3. The number of furan rings is 1. The summed E-state index contributed by atoms with van der Waals surface area (Å²) >= 11 is 0. The van der Waals surface area contributed by atoms with E-state index in [1.807, 2.05) is 31.2 Å². The predicted octanol–water partition coefficient (Wildman–Crippen LogP) is 3.20. The number of fused-ring (bicyclic) bond motifs is 1.